The van der Waals surface area contributed by atoms with Gasteiger partial charge in [0.2, 0.25) is 0 Å². The van der Waals surface area contributed by atoms with E-state index < -0.39 is 11.5 Å². The number of pyridine rings is 1. The average Bonchev–Trinajstić information content (AvgIpc) is 3.61. The number of hydrazone groups is 1. The number of benzene rings is 3. The van der Waals surface area contributed by atoms with Gasteiger partial charge in [0.1, 0.15) is 5.25 Å². The second kappa shape index (κ2) is 10.6. The van der Waals surface area contributed by atoms with Gasteiger partial charge in [0.25, 0.3) is 5.91 Å². The monoisotopic (exact) mass is 542 g/mol. The maximum atomic E-state index is 13.8. The first-order valence-corrected chi connectivity index (χ1v) is 13.3. The first kappa shape index (κ1) is 25.2. The number of aromatic hydroxyl groups is 1. The number of hydrogen-bond donors (Lipinski definition) is 2. The van der Waals surface area contributed by atoms with Crippen molar-refractivity contribution in [2.45, 2.75) is 18.5 Å². The van der Waals surface area contributed by atoms with Gasteiger partial charge in [-0.2, -0.15) is 0 Å². The van der Waals surface area contributed by atoms with E-state index in [1.807, 2.05) is 61.5 Å². The van der Waals surface area contributed by atoms with Crippen molar-refractivity contribution in [1.82, 2.24) is 4.98 Å². The number of phenolic OH excluding ortho intramolecular Hbond substituents is 1. The van der Waals surface area contributed by atoms with E-state index in [0.29, 0.717) is 41.2 Å². The molecule has 0 radical (unpaired) electrons. The Hall–Kier alpha value is -4.12. The van der Waals surface area contributed by atoms with Crippen LogP contribution in [0.15, 0.2) is 77.9 Å². The number of amides is 1. The molecular weight excluding hydrogens is 516 g/mol. The summed E-state index contributed by atoms with van der Waals surface area (Å²) in [7, 11) is 1.48. The molecular formula is C29H26N4O5S. The molecule has 3 heterocycles. The molecule has 1 unspecified atom stereocenters. The number of hydrogen-bond acceptors (Lipinski definition) is 9. The summed E-state index contributed by atoms with van der Waals surface area (Å²) < 4.78 is 16.8. The van der Waals surface area contributed by atoms with Crippen LogP contribution in [0.3, 0.4) is 0 Å². The van der Waals surface area contributed by atoms with Crippen LogP contribution in [0, 0.1) is 6.92 Å². The molecule has 0 bridgehead atoms. The summed E-state index contributed by atoms with van der Waals surface area (Å²) >= 11 is 1.30. The fourth-order valence-corrected chi connectivity index (χ4v) is 5.63. The molecule has 1 amide bonds. The van der Waals surface area contributed by atoms with Crippen molar-refractivity contribution < 1.29 is 24.1 Å². The molecule has 9 nitrogen and oxygen atoms in total. The van der Waals surface area contributed by atoms with E-state index >= 15 is 0 Å². The van der Waals surface area contributed by atoms with Gasteiger partial charge < -0.3 is 19.3 Å². The van der Waals surface area contributed by atoms with Crippen LogP contribution in [0.25, 0.3) is 10.9 Å². The fourth-order valence-electron chi connectivity index (χ4n) is 4.54. The first-order chi connectivity index (χ1) is 19.0. The molecule has 2 fully saturated rings. The van der Waals surface area contributed by atoms with Crippen LogP contribution in [-0.4, -0.2) is 41.5 Å². The smallest absolute Gasteiger partial charge is 0.251 e. The lowest BCUT2D eigenvalue weighted by atomic mass is 10.1. The van der Waals surface area contributed by atoms with Crippen molar-refractivity contribution >= 4 is 45.2 Å². The number of ether oxygens (including phenoxy) is 3. The standard InChI is InChI=1S/C29H26N4O5S/c1-17-7-10-20(11-8-17)33-27(35)25(19-9-12-23(34)24(16-19)36-2)39-29(33)32-31-26-21(28-37-13-14-38-28)15-18-5-3-4-6-22(18)30-26/h3-12,15-16,25,28,34H,13-14H2,1-2H3,(H,30,31)/b32-29-. The first-order valence-electron chi connectivity index (χ1n) is 12.4. The number of nitrogens with one attached hydrogen (secondary N) is 1. The minimum atomic E-state index is -0.591. The minimum absolute atomic E-state index is 0.00824. The molecule has 6 rings (SSSR count). The Kier molecular flexibility index (Phi) is 6.82. The van der Waals surface area contributed by atoms with Crippen LogP contribution in [0.5, 0.6) is 11.5 Å². The lowest BCUT2D eigenvalue weighted by Crippen LogP contribution is -2.30. The van der Waals surface area contributed by atoms with Crippen molar-refractivity contribution in [3.8, 4) is 11.5 Å². The molecule has 2 aliphatic rings. The van der Waals surface area contributed by atoms with Crippen molar-refractivity contribution in [3.63, 3.8) is 0 Å². The molecule has 0 aliphatic carbocycles. The lowest BCUT2D eigenvalue weighted by Gasteiger charge is -2.18. The zero-order valence-electron chi connectivity index (χ0n) is 21.3. The number of aromatic nitrogens is 1. The van der Waals surface area contributed by atoms with Crippen molar-refractivity contribution in [2.24, 2.45) is 5.10 Å². The topological polar surface area (TPSA) is 106 Å². The highest BCUT2D eigenvalue weighted by molar-refractivity contribution is 8.15. The summed E-state index contributed by atoms with van der Waals surface area (Å²) in [5, 5.41) is 15.6. The summed E-state index contributed by atoms with van der Waals surface area (Å²) in [5.41, 5.74) is 7.09. The number of nitrogens with zero attached hydrogens (tertiary/aromatic N) is 3. The maximum absolute atomic E-state index is 13.8. The second-order valence-electron chi connectivity index (χ2n) is 9.14. The van der Waals surface area contributed by atoms with Crippen LogP contribution < -0.4 is 15.1 Å². The highest BCUT2D eigenvalue weighted by atomic mass is 32.2. The van der Waals surface area contributed by atoms with Gasteiger partial charge >= 0.3 is 0 Å². The molecule has 2 aliphatic heterocycles. The molecule has 4 aromatic rings. The normalized spacial score (nSPS) is 18.8. The van der Waals surface area contributed by atoms with Crippen LogP contribution in [0.1, 0.15) is 28.2 Å². The highest BCUT2D eigenvalue weighted by Crippen LogP contribution is 2.44. The van der Waals surface area contributed by atoms with Crippen molar-refractivity contribution in [2.75, 3.05) is 30.6 Å². The Morgan fingerprint density at radius 2 is 1.85 bits per heavy atom. The number of rotatable bonds is 6. The summed E-state index contributed by atoms with van der Waals surface area (Å²) in [5.74, 6) is 0.632. The number of fused-ring (bicyclic) bond motifs is 1. The molecule has 2 saturated heterocycles. The van der Waals surface area contributed by atoms with E-state index in [1.54, 1.807) is 17.0 Å². The largest absolute Gasteiger partial charge is 0.504 e. The third-order valence-electron chi connectivity index (χ3n) is 6.54. The fraction of sp³-hybridized carbons (Fsp3) is 0.207. The minimum Gasteiger partial charge on any atom is -0.504 e. The van der Waals surface area contributed by atoms with Crippen LogP contribution >= 0.6 is 11.8 Å². The Morgan fingerprint density at radius 3 is 2.62 bits per heavy atom. The number of carbonyl (C=O) groups excluding carboxylic acids is 1. The van der Waals surface area contributed by atoms with E-state index in [-0.39, 0.29) is 11.7 Å². The van der Waals surface area contributed by atoms with Gasteiger partial charge in [-0.15, -0.1) is 5.10 Å². The molecule has 1 aromatic heterocycles. The van der Waals surface area contributed by atoms with E-state index in [1.165, 1.54) is 24.9 Å². The molecule has 0 saturated carbocycles. The van der Waals surface area contributed by atoms with E-state index in [0.717, 1.165) is 22.0 Å². The summed E-state index contributed by atoms with van der Waals surface area (Å²) in [6.45, 7) is 2.98. The van der Waals surface area contributed by atoms with Gasteiger partial charge in [-0.05, 0) is 48.9 Å². The van der Waals surface area contributed by atoms with Gasteiger partial charge in [0.05, 0.1) is 37.1 Å². The molecule has 198 valence electrons. The number of para-hydroxylation sites is 1. The zero-order chi connectivity index (χ0) is 26.9. The Morgan fingerprint density at radius 1 is 1.08 bits per heavy atom. The quantitative estimate of drug-likeness (QED) is 0.308. The van der Waals surface area contributed by atoms with Gasteiger partial charge in [0.15, 0.2) is 28.8 Å². The SMILES string of the molecule is COc1cc(C2S/C(=N\Nc3nc4ccccc4cc3C3OCCO3)N(c3ccc(C)cc3)C2=O)ccc1O. The lowest BCUT2D eigenvalue weighted by molar-refractivity contribution is -0.117. The van der Waals surface area contributed by atoms with E-state index in [4.69, 9.17) is 19.2 Å². The Bertz CT molecular complexity index is 1570. The number of anilines is 2. The van der Waals surface area contributed by atoms with Gasteiger partial charge in [-0.25, -0.2) is 4.98 Å². The molecule has 2 N–H and O–H groups in total. The molecule has 39 heavy (non-hydrogen) atoms. The Balaban J connectivity index is 1.40. The summed E-state index contributed by atoms with van der Waals surface area (Å²) in [6.07, 6.45) is -0.562. The molecule has 1 atom stereocenters. The van der Waals surface area contributed by atoms with Gasteiger partial charge in [-0.3, -0.25) is 15.1 Å². The van der Waals surface area contributed by atoms with Gasteiger partial charge in [0, 0.05) is 5.39 Å². The number of methoxy groups -OCH3 is 1. The number of phenols is 1. The summed E-state index contributed by atoms with van der Waals surface area (Å²) in [6, 6.07) is 22.4. The van der Waals surface area contributed by atoms with Crippen LogP contribution in [0.4, 0.5) is 11.5 Å². The number of carbonyl (C=O) groups is 1. The maximum Gasteiger partial charge on any atom is 0.251 e. The number of amidine groups is 1. The predicted molar refractivity (Wildman–Crippen MR) is 151 cm³/mol. The van der Waals surface area contributed by atoms with Crippen molar-refractivity contribution in [1.29, 1.82) is 0 Å². The molecule has 0 spiro atoms. The van der Waals surface area contributed by atoms with Crippen LogP contribution in [0.2, 0.25) is 0 Å². The number of aryl methyl sites for hydroxylation is 1. The predicted octanol–water partition coefficient (Wildman–Crippen LogP) is 5.51. The van der Waals surface area contributed by atoms with Crippen molar-refractivity contribution in [3.05, 3.63) is 89.5 Å². The molecule has 10 heteroatoms. The average molecular weight is 543 g/mol. The Labute approximate surface area is 229 Å². The molecule has 3 aromatic carbocycles. The third-order valence-corrected chi connectivity index (χ3v) is 7.74. The zero-order valence-corrected chi connectivity index (χ0v) is 22.1. The van der Waals surface area contributed by atoms with Gasteiger partial charge in [-0.1, -0.05) is 53.7 Å². The third kappa shape index (κ3) is 4.89. The number of thioether (sulfide) groups is 1. The summed E-state index contributed by atoms with van der Waals surface area (Å²) in [4.78, 5) is 20.2. The van der Waals surface area contributed by atoms with E-state index in [2.05, 4.69) is 10.5 Å². The highest BCUT2D eigenvalue weighted by Gasteiger charge is 2.40. The second-order valence-corrected chi connectivity index (χ2v) is 10.2. The van der Waals surface area contributed by atoms with Crippen LogP contribution in [-0.2, 0) is 14.3 Å². The van der Waals surface area contributed by atoms with E-state index in [9.17, 15) is 9.90 Å².